The van der Waals surface area contributed by atoms with Crippen molar-refractivity contribution in [2.24, 2.45) is 5.10 Å². The Morgan fingerprint density at radius 2 is 1.78 bits per heavy atom. The van der Waals surface area contributed by atoms with Crippen molar-refractivity contribution in [3.05, 3.63) is 62.5 Å². The first-order valence-corrected chi connectivity index (χ1v) is 7.86. The van der Waals surface area contributed by atoms with Crippen molar-refractivity contribution >= 4 is 62.8 Å². The van der Waals surface area contributed by atoms with E-state index in [9.17, 15) is 9.59 Å². The molecule has 0 aromatic heterocycles. The highest BCUT2D eigenvalue weighted by Crippen LogP contribution is 2.22. The van der Waals surface area contributed by atoms with Gasteiger partial charge in [-0.1, -0.05) is 41.4 Å². The zero-order chi connectivity index (χ0) is 16.8. The lowest BCUT2D eigenvalue weighted by molar-refractivity contribution is -0.136. The van der Waals surface area contributed by atoms with Crippen LogP contribution in [0.15, 0.2) is 52.0 Å². The Labute approximate surface area is 150 Å². The molecule has 23 heavy (non-hydrogen) atoms. The molecule has 0 atom stereocenters. The fourth-order valence-electron chi connectivity index (χ4n) is 1.55. The van der Waals surface area contributed by atoms with Crippen molar-refractivity contribution in [3.8, 4) is 0 Å². The van der Waals surface area contributed by atoms with Crippen molar-refractivity contribution in [1.29, 1.82) is 0 Å². The molecule has 0 saturated carbocycles. The number of amides is 2. The number of carbonyl (C=O) groups excluding carboxylic acids is 2. The van der Waals surface area contributed by atoms with Crippen molar-refractivity contribution in [1.82, 2.24) is 5.43 Å². The Kier molecular flexibility index (Phi) is 6.15. The van der Waals surface area contributed by atoms with Gasteiger partial charge >= 0.3 is 11.8 Å². The number of anilines is 1. The number of hydrazone groups is 1. The van der Waals surface area contributed by atoms with E-state index in [4.69, 9.17) is 23.2 Å². The van der Waals surface area contributed by atoms with Crippen molar-refractivity contribution in [2.45, 2.75) is 0 Å². The Hall–Kier alpha value is -1.89. The summed E-state index contributed by atoms with van der Waals surface area (Å²) in [5.41, 5.74) is 3.25. The van der Waals surface area contributed by atoms with Gasteiger partial charge in [-0.05, 0) is 45.8 Å². The van der Waals surface area contributed by atoms with Gasteiger partial charge in [-0.25, -0.2) is 5.43 Å². The molecule has 0 aliphatic heterocycles. The molecule has 5 nitrogen and oxygen atoms in total. The van der Waals surface area contributed by atoms with E-state index in [1.165, 1.54) is 6.21 Å². The molecule has 2 rings (SSSR count). The SMILES string of the molecule is O=C(N/N=C\c1ccc(Cl)c(Cl)c1)C(=O)Nc1ccccc1Br. The lowest BCUT2D eigenvalue weighted by Crippen LogP contribution is -2.32. The predicted octanol–water partition coefficient (Wildman–Crippen LogP) is 3.84. The lowest BCUT2D eigenvalue weighted by atomic mass is 10.2. The minimum atomic E-state index is -0.892. The summed E-state index contributed by atoms with van der Waals surface area (Å²) < 4.78 is 0.667. The highest BCUT2D eigenvalue weighted by atomic mass is 79.9. The number of nitrogens with zero attached hydrogens (tertiary/aromatic N) is 1. The van der Waals surface area contributed by atoms with Gasteiger partial charge in [0.15, 0.2) is 0 Å². The molecule has 118 valence electrons. The third kappa shape index (κ3) is 5.06. The predicted molar refractivity (Wildman–Crippen MR) is 95.0 cm³/mol. The number of carbonyl (C=O) groups is 2. The van der Waals surface area contributed by atoms with E-state index in [0.29, 0.717) is 25.8 Å². The number of halogens is 3. The summed E-state index contributed by atoms with van der Waals surface area (Å²) in [5, 5.41) is 6.95. The summed E-state index contributed by atoms with van der Waals surface area (Å²) in [4.78, 5) is 23.4. The average Bonchev–Trinajstić information content (AvgIpc) is 2.53. The maximum absolute atomic E-state index is 11.7. The Morgan fingerprint density at radius 3 is 2.48 bits per heavy atom. The maximum Gasteiger partial charge on any atom is 0.329 e. The average molecular weight is 415 g/mol. The summed E-state index contributed by atoms with van der Waals surface area (Å²) in [6.45, 7) is 0. The number of hydrogen-bond donors (Lipinski definition) is 2. The Bertz CT molecular complexity index is 781. The molecule has 0 saturated heterocycles. The third-order valence-electron chi connectivity index (χ3n) is 2.65. The number of benzene rings is 2. The van der Waals surface area contributed by atoms with Crippen LogP contribution in [-0.4, -0.2) is 18.0 Å². The largest absolute Gasteiger partial charge is 0.329 e. The second-order valence-electron chi connectivity index (χ2n) is 4.31. The molecule has 2 amide bonds. The molecule has 0 aliphatic rings. The smallest absolute Gasteiger partial charge is 0.317 e. The van der Waals surface area contributed by atoms with E-state index in [-0.39, 0.29) is 0 Å². The molecule has 0 bridgehead atoms. The molecule has 2 N–H and O–H groups in total. The van der Waals surface area contributed by atoms with E-state index in [1.54, 1.807) is 42.5 Å². The summed E-state index contributed by atoms with van der Waals surface area (Å²) in [6, 6.07) is 11.8. The number of rotatable bonds is 3. The first-order chi connectivity index (χ1) is 11.0. The van der Waals surface area contributed by atoms with Crippen LogP contribution in [-0.2, 0) is 9.59 Å². The van der Waals surface area contributed by atoms with Crippen molar-refractivity contribution in [2.75, 3.05) is 5.32 Å². The fourth-order valence-corrected chi connectivity index (χ4v) is 2.24. The minimum absolute atomic E-state index is 0.369. The summed E-state index contributed by atoms with van der Waals surface area (Å²) in [7, 11) is 0. The monoisotopic (exact) mass is 413 g/mol. The van der Waals surface area contributed by atoms with Gasteiger partial charge in [0, 0.05) is 4.47 Å². The van der Waals surface area contributed by atoms with E-state index < -0.39 is 11.8 Å². The number of para-hydroxylation sites is 1. The van der Waals surface area contributed by atoms with Crippen LogP contribution in [0.3, 0.4) is 0 Å². The van der Waals surface area contributed by atoms with Gasteiger partial charge in [0.05, 0.1) is 21.9 Å². The quantitative estimate of drug-likeness (QED) is 0.455. The van der Waals surface area contributed by atoms with Crippen molar-refractivity contribution < 1.29 is 9.59 Å². The third-order valence-corrected chi connectivity index (χ3v) is 4.08. The number of hydrogen-bond acceptors (Lipinski definition) is 3. The van der Waals surface area contributed by atoms with Gasteiger partial charge in [0.1, 0.15) is 0 Å². The fraction of sp³-hybridized carbons (Fsp3) is 0. The van der Waals surface area contributed by atoms with Crippen LogP contribution in [0.2, 0.25) is 10.0 Å². The summed E-state index contributed by atoms with van der Waals surface area (Å²) in [6.07, 6.45) is 1.35. The van der Waals surface area contributed by atoms with E-state index in [2.05, 4.69) is 31.8 Å². The van der Waals surface area contributed by atoms with E-state index in [1.807, 2.05) is 0 Å². The Morgan fingerprint density at radius 1 is 1.04 bits per heavy atom. The summed E-state index contributed by atoms with van der Waals surface area (Å²) in [5.74, 6) is -1.72. The first-order valence-electron chi connectivity index (χ1n) is 6.31. The Balaban J connectivity index is 1.93. The molecule has 2 aromatic rings. The van der Waals surface area contributed by atoms with Crippen LogP contribution in [0.4, 0.5) is 5.69 Å². The molecule has 0 radical (unpaired) electrons. The van der Waals surface area contributed by atoms with Crippen LogP contribution in [0, 0.1) is 0 Å². The van der Waals surface area contributed by atoms with Crippen LogP contribution in [0.1, 0.15) is 5.56 Å². The second kappa shape index (κ2) is 8.10. The molecule has 0 aliphatic carbocycles. The highest BCUT2D eigenvalue weighted by molar-refractivity contribution is 9.10. The minimum Gasteiger partial charge on any atom is -0.317 e. The zero-order valence-corrected chi connectivity index (χ0v) is 14.6. The van der Waals surface area contributed by atoms with E-state index in [0.717, 1.165) is 0 Å². The molecular formula is C15H10BrCl2N3O2. The van der Waals surface area contributed by atoms with Gasteiger partial charge in [-0.15, -0.1) is 0 Å². The standard InChI is InChI=1S/C15H10BrCl2N3O2/c16-10-3-1-2-4-13(10)20-14(22)15(23)21-19-8-9-5-6-11(17)12(18)7-9/h1-8H,(H,20,22)(H,21,23)/b19-8-. The topological polar surface area (TPSA) is 70.6 Å². The van der Waals surface area contributed by atoms with Crippen molar-refractivity contribution in [3.63, 3.8) is 0 Å². The first kappa shape index (κ1) is 17.5. The van der Waals surface area contributed by atoms with Gasteiger partial charge < -0.3 is 5.32 Å². The molecule has 0 fully saturated rings. The van der Waals surface area contributed by atoms with Gasteiger partial charge in [-0.3, -0.25) is 9.59 Å². The molecule has 0 unspecified atom stereocenters. The maximum atomic E-state index is 11.7. The van der Waals surface area contributed by atoms with Gasteiger partial charge in [0.25, 0.3) is 0 Å². The number of nitrogens with one attached hydrogen (secondary N) is 2. The van der Waals surface area contributed by atoms with Crippen LogP contribution < -0.4 is 10.7 Å². The normalized spacial score (nSPS) is 10.6. The molecule has 2 aromatic carbocycles. The molecular weight excluding hydrogens is 405 g/mol. The lowest BCUT2D eigenvalue weighted by Gasteiger charge is -2.05. The van der Waals surface area contributed by atoms with Crippen LogP contribution in [0.25, 0.3) is 0 Å². The summed E-state index contributed by atoms with van der Waals surface area (Å²) >= 11 is 14.9. The molecule has 0 spiro atoms. The van der Waals surface area contributed by atoms with E-state index >= 15 is 0 Å². The zero-order valence-electron chi connectivity index (χ0n) is 11.5. The van der Waals surface area contributed by atoms with Gasteiger partial charge in [-0.2, -0.15) is 5.10 Å². The van der Waals surface area contributed by atoms with Crippen LogP contribution >= 0.6 is 39.1 Å². The van der Waals surface area contributed by atoms with Gasteiger partial charge in [0.2, 0.25) is 0 Å². The second-order valence-corrected chi connectivity index (χ2v) is 5.98. The van der Waals surface area contributed by atoms with Crippen LogP contribution in [0.5, 0.6) is 0 Å². The highest BCUT2D eigenvalue weighted by Gasteiger charge is 2.13. The molecule has 0 heterocycles. The molecule has 8 heteroatoms.